The molecule has 0 saturated carbocycles. The maximum atomic E-state index is 10.9. The molecule has 0 aliphatic carbocycles. The molecule has 0 unspecified atom stereocenters. The molecule has 0 fully saturated rings. The Balaban J connectivity index is 3.66. The maximum absolute atomic E-state index is 10.9. The molecule has 0 saturated heterocycles. The van der Waals surface area contributed by atoms with E-state index < -0.39 is 0 Å². The van der Waals surface area contributed by atoms with Gasteiger partial charge in [0.1, 0.15) is 0 Å². The summed E-state index contributed by atoms with van der Waals surface area (Å²) < 4.78 is 0. The number of carbonyl (C=O) groups is 1. The second-order valence-corrected chi connectivity index (χ2v) is 2.51. The van der Waals surface area contributed by atoms with Crippen molar-refractivity contribution in [1.82, 2.24) is 5.06 Å². The lowest BCUT2D eigenvalue weighted by Gasteiger charge is -2.14. The number of rotatable bonds is 4. The lowest BCUT2D eigenvalue weighted by atomic mass is 10.4. The fourth-order valence-corrected chi connectivity index (χ4v) is 0.580. The van der Waals surface area contributed by atoms with Crippen molar-refractivity contribution in [3.8, 4) is 0 Å². The molecule has 0 radical (unpaired) electrons. The van der Waals surface area contributed by atoms with Gasteiger partial charge in [0.15, 0.2) is 0 Å². The van der Waals surface area contributed by atoms with Crippen LogP contribution in [0, 0.1) is 0 Å². The summed E-state index contributed by atoms with van der Waals surface area (Å²) in [7, 11) is 1.73. The van der Waals surface area contributed by atoms with Crippen molar-refractivity contribution in [3.63, 3.8) is 0 Å². The SMILES string of the molecule is C=C(C)C(=O)ON(C)CCC. The molecular weight excluding hydrogens is 142 g/mol. The van der Waals surface area contributed by atoms with Crippen LogP contribution in [0.15, 0.2) is 12.2 Å². The first kappa shape index (κ1) is 10.2. The van der Waals surface area contributed by atoms with Gasteiger partial charge in [0.2, 0.25) is 0 Å². The first-order valence-corrected chi connectivity index (χ1v) is 3.66. The molecule has 0 atom stereocenters. The summed E-state index contributed by atoms with van der Waals surface area (Å²) in [5.74, 6) is -0.360. The first-order chi connectivity index (χ1) is 5.07. The average Bonchev–Trinajstić information content (AvgIpc) is 1.87. The monoisotopic (exact) mass is 157 g/mol. The first-order valence-electron chi connectivity index (χ1n) is 3.66. The van der Waals surface area contributed by atoms with Crippen LogP contribution in [-0.2, 0) is 9.63 Å². The Labute approximate surface area is 67.6 Å². The average molecular weight is 157 g/mol. The highest BCUT2D eigenvalue weighted by molar-refractivity contribution is 5.86. The van der Waals surface area contributed by atoms with E-state index in [-0.39, 0.29) is 5.97 Å². The second kappa shape index (κ2) is 4.91. The van der Waals surface area contributed by atoms with E-state index in [1.54, 1.807) is 14.0 Å². The van der Waals surface area contributed by atoms with E-state index in [0.717, 1.165) is 13.0 Å². The van der Waals surface area contributed by atoms with Crippen LogP contribution in [0.25, 0.3) is 0 Å². The van der Waals surface area contributed by atoms with Gasteiger partial charge in [-0.15, -0.1) is 5.06 Å². The Hall–Kier alpha value is -0.830. The molecule has 0 spiro atoms. The Bertz CT molecular complexity index is 154. The minimum Gasteiger partial charge on any atom is -0.364 e. The summed E-state index contributed by atoms with van der Waals surface area (Å²) >= 11 is 0. The van der Waals surface area contributed by atoms with Gasteiger partial charge in [-0.3, -0.25) is 0 Å². The molecule has 0 aromatic carbocycles. The van der Waals surface area contributed by atoms with Gasteiger partial charge in [-0.1, -0.05) is 13.5 Å². The zero-order valence-corrected chi connectivity index (χ0v) is 7.39. The topological polar surface area (TPSA) is 29.5 Å². The minimum absolute atomic E-state index is 0.360. The number of hydroxylamine groups is 2. The summed E-state index contributed by atoms with van der Waals surface area (Å²) in [6.45, 7) is 7.86. The van der Waals surface area contributed by atoms with Crippen molar-refractivity contribution in [2.45, 2.75) is 20.3 Å². The fourth-order valence-electron chi connectivity index (χ4n) is 0.580. The molecule has 0 aliphatic rings. The summed E-state index contributed by atoms with van der Waals surface area (Å²) in [4.78, 5) is 15.7. The number of hydrogen-bond donors (Lipinski definition) is 0. The zero-order chi connectivity index (χ0) is 8.85. The molecular formula is C8H15NO2. The molecule has 0 bridgehead atoms. The third-order valence-corrected chi connectivity index (χ3v) is 1.13. The van der Waals surface area contributed by atoms with Crippen molar-refractivity contribution in [3.05, 3.63) is 12.2 Å². The van der Waals surface area contributed by atoms with Gasteiger partial charge in [0.05, 0.1) is 0 Å². The molecule has 0 rings (SSSR count). The molecule has 0 aromatic heterocycles. The van der Waals surface area contributed by atoms with Crippen LogP contribution in [0.2, 0.25) is 0 Å². The van der Waals surface area contributed by atoms with Crippen molar-refractivity contribution >= 4 is 5.97 Å². The minimum atomic E-state index is -0.360. The smallest absolute Gasteiger partial charge is 0.351 e. The highest BCUT2D eigenvalue weighted by Crippen LogP contribution is 1.95. The van der Waals surface area contributed by atoms with E-state index in [0.29, 0.717) is 5.57 Å². The van der Waals surface area contributed by atoms with Crippen LogP contribution in [0.3, 0.4) is 0 Å². The van der Waals surface area contributed by atoms with Gasteiger partial charge in [-0.05, 0) is 13.3 Å². The van der Waals surface area contributed by atoms with Crippen LogP contribution in [-0.4, -0.2) is 24.6 Å². The Morgan fingerprint density at radius 3 is 2.55 bits per heavy atom. The van der Waals surface area contributed by atoms with E-state index in [4.69, 9.17) is 4.84 Å². The van der Waals surface area contributed by atoms with Crippen molar-refractivity contribution < 1.29 is 9.63 Å². The van der Waals surface area contributed by atoms with Crippen molar-refractivity contribution in [2.24, 2.45) is 0 Å². The molecule has 0 amide bonds. The van der Waals surface area contributed by atoms with Gasteiger partial charge in [-0.2, -0.15) is 0 Å². The van der Waals surface area contributed by atoms with E-state index in [1.807, 2.05) is 6.92 Å². The Kier molecular flexibility index (Phi) is 4.54. The van der Waals surface area contributed by atoms with E-state index in [9.17, 15) is 4.79 Å². The standard InChI is InChI=1S/C8H15NO2/c1-5-6-9(4)11-8(10)7(2)3/h2,5-6H2,1,3-4H3. The molecule has 3 heteroatoms. The normalized spacial score (nSPS) is 9.82. The number of hydrogen-bond acceptors (Lipinski definition) is 3. The molecule has 64 valence electrons. The van der Waals surface area contributed by atoms with Gasteiger partial charge in [0.25, 0.3) is 0 Å². The molecule has 0 heterocycles. The maximum Gasteiger partial charge on any atom is 0.351 e. The second-order valence-electron chi connectivity index (χ2n) is 2.51. The predicted octanol–water partition coefficient (Wildman–Crippen LogP) is 1.36. The Morgan fingerprint density at radius 2 is 2.18 bits per heavy atom. The zero-order valence-electron chi connectivity index (χ0n) is 7.39. The highest BCUT2D eigenvalue weighted by atomic mass is 16.7. The fraction of sp³-hybridized carbons (Fsp3) is 0.625. The number of nitrogens with zero attached hydrogens (tertiary/aromatic N) is 1. The molecule has 0 aliphatic heterocycles. The predicted molar refractivity (Wildman–Crippen MR) is 43.8 cm³/mol. The van der Waals surface area contributed by atoms with Crippen molar-refractivity contribution in [1.29, 1.82) is 0 Å². The van der Waals surface area contributed by atoms with Crippen LogP contribution in [0.1, 0.15) is 20.3 Å². The molecule has 11 heavy (non-hydrogen) atoms. The quantitative estimate of drug-likeness (QED) is 0.456. The Morgan fingerprint density at radius 1 is 1.64 bits per heavy atom. The van der Waals surface area contributed by atoms with Crippen LogP contribution in [0.4, 0.5) is 0 Å². The largest absolute Gasteiger partial charge is 0.364 e. The van der Waals surface area contributed by atoms with E-state index >= 15 is 0 Å². The highest BCUT2D eigenvalue weighted by Gasteiger charge is 2.06. The van der Waals surface area contributed by atoms with Crippen LogP contribution >= 0.6 is 0 Å². The lowest BCUT2D eigenvalue weighted by Crippen LogP contribution is -2.24. The third-order valence-electron chi connectivity index (χ3n) is 1.13. The summed E-state index contributed by atoms with van der Waals surface area (Å²) in [5, 5.41) is 1.51. The van der Waals surface area contributed by atoms with Gasteiger partial charge < -0.3 is 4.84 Å². The van der Waals surface area contributed by atoms with Gasteiger partial charge >= 0.3 is 5.97 Å². The summed E-state index contributed by atoms with van der Waals surface area (Å²) in [6.07, 6.45) is 0.958. The molecule has 3 nitrogen and oxygen atoms in total. The van der Waals surface area contributed by atoms with E-state index in [2.05, 4.69) is 6.58 Å². The van der Waals surface area contributed by atoms with Crippen LogP contribution < -0.4 is 0 Å². The van der Waals surface area contributed by atoms with Crippen molar-refractivity contribution in [2.75, 3.05) is 13.6 Å². The van der Waals surface area contributed by atoms with Crippen LogP contribution in [0.5, 0.6) is 0 Å². The van der Waals surface area contributed by atoms with E-state index in [1.165, 1.54) is 5.06 Å². The summed E-state index contributed by atoms with van der Waals surface area (Å²) in [5.41, 5.74) is 0.424. The van der Waals surface area contributed by atoms with Gasteiger partial charge in [-0.25, -0.2) is 4.79 Å². The summed E-state index contributed by atoms with van der Waals surface area (Å²) in [6, 6.07) is 0. The molecule has 0 N–H and O–H groups in total. The van der Waals surface area contributed by atoms with Gasteiger partial charge in [0, 0.05) is 19.2 Å². The number of carbonyl (C=O) groups excluding carboxylic acids is 1. The molecule has 0 aromatic rings. The third kappa shape index (κ3) is 4.56. The lowest BCUT2D eigenvalue weighted by molar-refractivity contribution is -0.178.